The van der Waals surface area contributed by atoms with Gasteiger partial charge in [0.15, 0.2) is 0 Å². The Morgan fingerprint density at radius 3 is 2.26 bits per heavy atom. The average Bonchev–Trinajstić information content (AvgIpc) is 2.46. The summed E-state index contributed by atoms with van der Waals surface area (Å²) in [6.07, 6.45) is -0.132. The van der Waals surface area contributed by atoms with Gasteiger partial charge >= 0.3 is 0 Å². The number of rotatable bonds is 5. The molecule has 2 nitrogen and oxygen atoms in total. The molecule has 0 aliphatic rings. The molecule has 2 aromatic rings. The standard InChI is InChI=1S/C17H20O2/c1-13-8-6-7-11-16(13)19-17(14(2)12-18)15-9-4-3-5-10-15/h3-11,14,17-18H,12H2,1-2H3. The van der Waals surface area contributed by atoms with Gasteiger partial charge in [-0.15, -0.1) is 0 Å². The third kappa shape index (κ3) is 3.36. The van der Waals surface area contributed by atoms with E-state index >= 15 is 0 Å². The molecule has 100 valence electrons. The van der Waals surface area contributed by atoms with Crippen molar-refractivity contribution < 1.29 is 9.84 Å². The molecule has 0 aliphatic carbocycles. The number of aryl methyl sites for hydroxylation is 1. The van der Waals surface area contributed by atoms with Crippen LogP contribution in [-0.4, -0.2) is 11.7 Å². The summed E-state index contributed by atoms with van der Waals surface area (Å²) in [6.45, 7) is 4.13. The molecule has 0 heterocycles. The molecule has 0 bridgehead atoms. The first-order valence-electron chi connectivity index (χ1n) is 6.60. The van der Waals surface area contributed by atoms with E-state index in [1.54, 1.807) is 0 Å². The van der Waals surface area contributed by atoms with E-state index in [9.17, 15) is 5.11 Å². The van der Waals surface area contributed by atoms with E-state index < -0.39 is 0 Å². The Bertz CT molecular complexity index is 508. The fraction of sp³-hybridized carbons (Fsp3) is 0.294. The second-order valence-corrected chi connectivity index (χ2v) is 4.87. The summed E-state index contributed by atoms with van der Waals surface area (Å²) < 4.78 is 6.12. The number of aliphatic hydroxyl groups excluding tert-OH is 1. The highest BCUT2D eigenvalue weighted by Crippen LogP contribution is 2.29. The highest BCUT2D eigenvalue weighted by molar-refractivity contribution is 5.33. The molecule has 0 spiro atoms. The molecule has 2 heteroatoms. The maximum Gasteiger partial charge on any atom is 0.128 e. The predicted octanol–water partition coefficient (Wildman–Crippen LogP) is 3.74. The Kier molecular flexibility index (Phi) is 4.58. The van der Waals surface area contributed by atoms with Gasteiger partial charge in [-0.1, -0.05) is 55.5 Å². The molecule has 2 unspecified atom stereocenters. The highest BCUT2D eigenvalue weighted by atomic mass is 16.5. The summed E-state index contributed by atoms with van der Waals surface area (Å²) >= 11 is 0. The van der Waals surface area contributed by atoms with Crippen LogP contribution in [0, 0.1) is 12.8 Å². The summed E-state index contributed by atoms with van der Waals surface area (Å²) in [5.41, 5.74) is 2.20. The molecule has 1 N–H and O–H groups in total. The van der Waals surface area contributed by atoms with Crippen molar-refractivity contribution in [3.8, 4) is 5.75 Å². The Morgan fingerprint density at radius 2 is 1.63 bits per heavy atom. The first-order chi connectivity index (χ1) is 9.22. The molecule has 0 amide bonds. The van der Waals surface area contributed by atoms with Crippen LogP contribution in [0.25, 0.3) is 0 Å². The molecule has 0 saturated carbocycles. The number of hydrogen-bond donors (Lipinski definition) is 1. The summed E-state index contributed by atoms with van der Waals surface area (Å²) in [5.74, 6) is 0.915. The van der Waals surface area contributed by atoms with Crippen LogP contribution in [0.15, 0.2) is 54.6 Å². The van der Waals surface area contributed by atoms with Crippen LogP contribution in [0.1, 0.15) is 24.2 Å². The predicted molar refractivity (Wildman–Crippen MR) is 77.2 cm³/mol. The van der Waals surface area contributed by atoms with Gasteiger partial charge in [0.05, 0.1) is 0 Å². The van der Waals surface area contributed by atoms with Crippen molar-refractivity contribution in [2.24, 2.45) is 5.92 Å². The number of para-hydroxylation sites is 1. The van der Waals surface area contributed by atoms with E-state index in [1.807, 2.05) is 68.4 Å². The van der Waals surface area contributed by atoms with Gasteiger partial charge in [-0.25, -0.2) is 0 Å². The van der Waals surface area contributed by atoms with Crippen LogP contribution in [0.5, 0.6) is 5.75 Å². The van der Waals surface area contributed by atoms with Gasteiger partial charge in [0.1, 0.15) is 11.9 Å². The van der Waals surface area contributed by atoms with E-state index in [4.69, 9.17) is 4.74 Å². The van der Waals surface area contributed by atoms with Gasteiger partial charge in [0, 0.05) is 12.5 Å². The maximum absolute atomic E-state index is 9.43. The van der Waals surface area contributed by atoms with Gasteiger partial charge in [0.25, 0.3) is 0 Å². The lowest BCUT2D eigenvalue weighted by Gasteiger charge is -2.25. The van der Waals surface area contributed by atoms with Crippen molar-refractivity contribution in [1.82, 2.24) is 0 Å². The second-order valence-electron chi connectivity index (χ2n) is 4.87. The maximum atomic E-state index is 9.43. The van der Waals surface area contributed by atoms with Crippen molar-refractivity contribution in [2.75, 3.05) is 6.61 Å². The zero-order valence-corrected chi connectivity index (χ0v) is 11.4. The van der Waals surface area contributed by atoms with Crippen LogP contribution in [0.2, 0.25) is 0 Å². The molecule has 2 aromatic carbocycles. The van der Waals surface area contributed by atoms with Gasteiger partial charge < -0.3 is 9.84 Å². The summed E-state index contributed by atoms with van der Waals surface area (Å²) in [6, 6.07) is 18.0. The third-order valence-corrected chi connectivity index (χ3v) is 3.28. The Hall–Kier alpha value is -1.80. The SMILES string of the molecule is Cc1ccccc1OC(c1ccccc1)C(C)CO. The Balaban J connectivity index is 2.27. The fourth-order valence-corrected chi connectivity index (χ4v) is 2.08. The smallest absolute Gasteiger partial charge is 0.128 e. The molecule has 19 heavy (non-hydrogen) atoms. The summed E-state index contributed by atoms with van der Waals surface area (Å²) in [5, 5.41) is 9.43. The molecule has 0 radical (unpaired) electrons. The molecule has 2 atom stereocenters. The van der Waals surface area contributed by atoms with Crippen LogP contribution >= 0.6 is 0 Å². The van der Waals surface area contributed by atoms with E-state index in [2.05, 4.69) is 0 Å². The number of benzene rings is 2. The van der Waals surface area contributed by atoms with Gasteiger partial charge in [-0.05, 0) is 24.1 Å². The topological polar surface area (TPSA) is 29.5 Å². The zero-order chi connectivity index (χ0) is 13.7. The van der Waals surface area contributed by atoms with Gasteiger partial charge in [-0.2, -0.15) is 0 Å². The van der Waals surface area contributed by atoms with Gasteiger partial charge in [-0.3, -0.25) is 0 Å². The highest BCUT2D eigenvalue weighted by Gasteiger charge is 2.21. The van der Waals surface area contributed by atoms with Crippen LogP contribution in [0.3, 0.4) is 0 Å². The monoisotopic (exact) mass is 256 g/mol. The average molecular weight is 256 g/mol. The lowest BCUT2D eigenvalue weighted by Crippen LogP contribution is -2.19. The summed E-state index contributed by atoms with van der Waals surface area (Å²) in [7, 11) is 0. The van der Waals surface area contributed by atoms with Crippen molar-refractivity contribution in [3.63, 3.8) is 0 Å². The molecule has 0 fully saturated rings. The minimum atomic E-state index is -0.132. The van der Waals surface area contributed by atoms with Crippen LogP contribution in [0.4, 0.5) is 0 Å². The molecular weight excluding hydrogens is 236 g/mol. The molecule has 0 aliphatic heterocycles. The van der Waals surface area contributed by atoms with E-state index in [1.165, 1.54) is 0 Å². The van der Waals surface area contributed by atoms with Crippen molar-refractivity contribution in [1.29, 1.82) is 0 Å². The van der Waals surface area contributed by atoms with E-state index in [0.29, 0.717) is 0 Å². The molecule has 0 aromatic heterocycles. The van der Waals surface area contributed by atoms with Gasteiger partial charge in [0.2, 0.25) is 0 Å². The van der Waals surface area contributed by atoms with E-state index in [-0.39, 0.29) is 18.6 Å². The lowest BCUT2D eigenvalue weighted by molar-refractivity contribution is 0.0962. The fourth-order valence-electron chi connectivity index (χ4n) is 2.08. The lowest BCUT2D eigenvalue weighted by atomic mass is 9.98. The second kappa shape index (κ2) is 6.39. The minimum absolute atomic E-state index is 0.0435. The quantitative estimate of drug-likeness (QED) is 0.883. The summed E-state index contributed by atoms with van der Waals surface area (Å²) in [4.78, 5) is 0. The van der Waals surface area contributed by atoms with Crippen molar-refractivity contribution in [3.05, 3.63) is 65.7 Å². The molecular formula is C17H20O2. The van der Waals surface area contributed by atoms with Crippen molar-refractivity contribution in [2.45, 2.75) is 20.0 Å². The Morgan fingerprint density at radius 1 is 1.00 bits per heavy atom. The van der Waals surface area contributed by atoms with Crippen LogP contribution < -0.4 is 4.74 Å². The molecule has 2 rings (SSSR count). The largest absolute Gasteiger partial charge is 0.485 e. The first kappa shape index (κ1) is 13.6. The number of hydrogen-bond acceptors (Lipinski definition) is 2. The zero-order valence-electron chi connectivity index (χ0n) is 11.4. The number of aliphatic hydroxyl groups is 1. The minimum Gasteiger partial charge on any atom is -0.485 e. The normalized spacial score (nSPS) is 13.8. The first-order valence-corrected chi connectivity index (χ1v) is 6.60. The van der Waals surface area contributed by atoms with Crippen LogP contribution in [-0.2, 0) is 0 Å². The number of ether oxygens (including phenoxy) is 1. The molecule has 0 saturated heterocycles. The van der Waals surface area contributed by atoms with Crippen molar-refractivity contribution >= 4 is 0 Å². The third-order valence-electron chi connectivity index (χ3n) is 3.28. The van der Waals surface area contributed by atoms with E-state index in [0.717, 1.165) is 16.9 Å². The Labute approximate surface area is 114 Å².